The zero-order valence-corrected chi connectivity index (χ0v) is 15.4. The van der Waals surface area contributed by atoms with Gasteiger partial charge in [-0.25, -0.2) is 18.4 Å². The number of benzene rings is 1. The number of carbonyl (C=O) groups is 2. The van der Waals surface area contributed by atoms with Crippen LogP contribution >= 0.6 is 22.6 Å². The third-order valence-corrected chi connectivity index (χ3v) is 3.30. The van der Waals surface area contributed by atoms with Crippen LogP contribution in [-0.2, 0) is 4.74 Å². The summed E-state index contributed by atoms with van der Waals surface area (Å²) in [4.78, 5) is 25.4. The maximum absolute atomic E-state index is 15.1. The highest BCUT2D eigenvalue weighted by Gasteiger charge is 2.28. The van der Waals surface area contributed by atoms with Crippen molar-refractivity contribution in [2.45, 2.75) is 51.8 Å². The fourth-order valence-electron chi connectivity index (χ4n) is 1.49. The van der Waals surface area contributed by atoms with Crippen LogP contribution in [0.3, 0.4) is 0 Å². The number of likely N-dealkylation sites (tertiary alicyclic amines) is 1. The summed E-state index contributed by atoms with van der Waals surface area (Å²) < 4.78 is 200. The largest absolute Gasteiger partial charge is 0.444 e. The van der Waals surface area contributed by atoms with Crippen LogP contribution in [0.4, 0.5) is 24.1 Å². The predicted molar refractivity (Wildman–Crippen MR) is 107 cm³/mol. The van der Waals surface area contributed by atoms with Crippen molar-refractivity contribution < 1.29 is 52.0 Å². The third kappa shape index (κ3) is 5.91. The molecule has 9 heteroatoms. The second-order valence-corrected chi connectivity index (χ2v) is 5.93. The molecule has 27 heavy (non-hydrogen) atoms. The van der Waals surface area contributed by atoms with Crippen molar-refractivity contribution in [2.24, 2.45) is 0 Å². The highest BCUT2D eigenvalue weighted by Crippen LogP contribution is 2.27. The molecule has 1 heterocycles. The Morgan fingerprint density at radius 3 is 2.74 bits per heavy atom. The van der Waals surface area contributed by atoms with Crippen LogP contribution in [0.2, 0.25) is 2.82 Å². The number of urea groups is 1. The zero-order valence-electron chi connectivity index (χ0n) is 34.2. The van der Waals surface area contributed by atoms with Crippen LogP contribution in [0.1, 0.15) is 65.0 Å². The van der Waals surface area contributed by atoms with E-state index in [0.717, 1.165) is 22.6 Å². The molecule has 0 saturated carbocycles. The topological polar surface area (TPSA) is 70.7 Å². The molecule has 0 radical (unpaired) electrons. The van der Waals surface area contributed by atoms with Crippen LogP contribution in [0.5, 0.6) is 0 Å². The van der Waals surface area contributed by atoms with Crippen LogP contribution in [0, 0.1) is 22.1 Å². The predicted octanol–water partition coefficient (Wildman–Crippen LogP) is 4.40. The highest BCUT2D eigenvalue weighted by molar-refractivity contribution is 14.1. The van der Waals surface area contributed by atoms with Gasteiger partial charge in [0.1, 0.15) is 5.60 Å². The van der Waals surface area contributed by atoms with Crippen molar-refractivity contribution in [1.82, 2.24) is 10.2 Å². The molecule has 3 amide bonds. The first-order valence-corrected chi connectivity index (χ1v) is 7.78. The Morgan fingerprint density at radius 1 is 1.48 bits per heavy atom. The second kappa shape index (κ2) is 8.57. The number of nitrogens with zero attached hydrogens (tertiary/aromatic N) is 1. The maximum Gasteiger partial charge on any atom is 0.410 e. The molecule has 1 aromatic rings. The molecule has 1 saturated heterocycles. The van der Waals surface area contributed by atoms with Crippen LogP contribution in [-0.4, -0.2) is 41.6 Å². The van der Waals surface area contributed by atoms with E-state index in [1.54, 1.807) is 0 Å². The summed E-state index contributed by atoms with van der Waals surface area (Å²) in [5, 5.41) is -2.01. The first-order valence-electron chi connectivity index (χ1n) is 17.1. The van der Waals surface area contributed by atoms with Gasteiger partial charge in [-0.05, 0) is 74.4 Å². The van der Waals surface area contributed by atoms with Gasteiger partial charge < -0.3 is 20.3 Å². The smallest absolute Gasteiger partial charge is 0.410 e. The Bertz CT molecular complexity index is 1430. The van der Waals surface area contributed by atoms with Crippen molar-refractivity contribution >= 4 is 40.4 Å². The average molecular weight is 516 g/mol. The SMILES string of the molecule is [2H]c1c(I)c(N([2H])C(=O)N([2H])C2([2H])C([2H])([2H])C([2H])([2H])N(C(=O)OC(C)(C([2H])([2H])[2H])C([2H])([2H])[2H])C([2H])([2H])C2([2H])[2H])c(F)c(F)c1C([2H])([2H])[2H]. The minimum absolute atomic E-state index is 0.321. The van der Waals surface area contributed by atoms with E-state index in [-0.39, 0.29) is 0 Å². The number of rotatable bonds is 2. The number of halogens is 3. The first-order chi connectivity index (χ1) is 20.9. The van der Waals surface area contributed by atoms with E-state index in [1.807, 2.05) is 0 Å². The molecule has 1 aromatic carbocycles. The molecule has 1 aliphatic rings. The van der Waals surface area contributed by atoms with Gasteiger partial charge >= 0.3 is 12.1 Å². The number of carbonyl (C=O) groups excluding carboxylic acids is 2. The van der Waals surface area contributed by atoms with E-state index in [4.69, 9.17) is 28.9 Å². The van der Waals surface area contributed by atoms with Gasteiger partial charge in [-0.3, -0.25) is 0 Å². The van der Waals surface area contributed by atoms with Crippen LogP contribution in [0.15, 0.2) is 6.04 Å². The highest BCUT2D eigenvalue weighted by atomic mass is 127. The van der Waals surface area contributed by atoms with Gasteiger partial charge in [0.2, 0.25) is 0 Å². The number of piperidine rings is 1. The Kier molecular flexibility index (Phi) is 2.13. The molecular weight excluding hydrogens is 471 g/mol. The van der Waals surface area contributed by atoms with Gasteiger partial charge in [-0.15, -0.1) is 0 Å². The molecule has 0 atom stereocenters. The van der Waals surface area contributed by atoms with E-state index in [2.05, 4.69) is 4.74 Å². The maximum atomic E-state index is 15.1. The molecule has 1 aliphatic heterocycles. The standard InChI is InChI=1S/C18H24F2IN3O3/c1-10-9-12(21)15(14(20)13(10)19)23-16(25)22-11-5-7-24(8-6-11)17(26)27-18(2,3)4/h9,11H,5-8H2,1-4H3,(H2,22,23,25)/i1D3,2D3,3D3,5D2,6D2,7D2,8D2,9D,11D/hD2. The van der Waals surface area contributed by atoms with Gasteiger partial charge in [-0.1, -0.05) is 0 Å². The van der Waals surface area contributed by atoms with Gasteiger partial charge in [0.25, 0.3) is 0 Å². The lowest BCUT2D eigenvalue weighted by Gasteiger charge is -2.33. The second-order valence-electron chi connectivity index (χ2n) is 4.86. The summed E-state index contributed by atoms with van der Waals surface area (Å²) in [6.45, 7) is -19.5. The monoisotopic (exact) mass is 516 g/mol. The van der Waals surface area contributed by atoms with E-state index in [1.165, 1.54) is 0 Å². The summed E-state index contributed by atoms with van der Waals surface area (Å²) in [6, 6.07) is -8.37. The molecule has 0 unspecified atom stereocenters. The number of ether oxygens (including phenoxy) is 1. The first kappa shape index (κ1) is 6.70. The van der Waals surface area contributed by atoms with E-state index in [0.29, 0.717) is 6.92 Å². The van der Waals surface area contributed by atoms with E-state index >= 15 is 4.39 Å². The molecule has 2 rings (SSSR count). The molecule has 0 bridgehead atoms. The van der Waals surface area contributed by atoms with Crippen LogP contribution < -0.4 is 10.6 Å². The number of amides is 3. The fraction of sp³-hybridized carbons (Fsp3) is 0.556. The summed E-state index contributed by atoms with van der Waals surface area (Å²) in [6.07, 6.45) is -11.7. The van der Waals surface area contributed by atoms with Gasteiger partial charge in [0.05, 0.1) is 8.43 Å². The molecule has 0 aromatic heterocycles. The lowest BCUT2D eigenvalue weighted by molar-refractivity contribution is 0.0202. The fourth-order valence-corrected chi connectivity index (χ4v) is 2.12. The molecule has 150 valence electrons. The molecule has 0 aliphatic carbocycles. The lowest BCUT2D eigenvalue weighted by atomic mass is 10.1. The molecular formula is C18H24F2IN3O3. The van der Waals surface area contributed by atoms with E-state index < -0.39 is 118 Å². The molecule has 6 nitrogen and oxygen atoms in total. The normalized spacial score (nSPS) is 36.9. The Labute approximate surface area is 200 Å². The average Bonchev–Trinajstić information content (AvgIpc) is 2.87. The summed E-state index contributed by atoms with van der Waals surface area (Å²) >= 11 is 1.01. The number of hydrogen-bond donors (Lipinski definition) is 2. The summed E-state index contributed by atoms with van der Waals surface area (Å²) in [5.74, 6) is -4.54. The van der Waals surface area contributed by atoms with Crippen LogP contribution in [0.25, 0.3) is 0 Å². The number of nitrogens with one attached hydrogen (secondary N) is 2. The van der Waals surface area contributed by atoms with Crippen molar-refractivity contribution in [3.05, 3.63) is 26.8 Å². The Balaban J connectivity index is 2.81. The molecule has 1 fully saturated rings. The summed E-state index contributed by atoms with van der Waals surface area (Å²) in [5.41, 5.74) is -6.64. The molecule has 2 N–H and O–H groups in total. The summed E-state index contributed by atoms with van der Waals surface area (Å²) in [7, 11) is 0. The number of hydrogen-bond acceptors (Lipinski definition) is 3. The zero-order chi connectivity index (χ0) is 38.6. The third-order valence-electron chi connectivity index (χ3n) is 2.52. The van der Waals surface area contributed by atoms with Crippen molar-refractivity contribution in [1.29, 1.82) is 0 Å². The quantitative estimate of drug-likeness (QED) is 0.453. The minimum atomic E-state index is -4.57. The van der Waals surface area contributed by atoms with E-state index in [9.17, 15) is 14.0 Å². The Hall–Kier alpha value is -1.65. The molecule has 0 spiro atoms. The van der Waals surface area contributed by atoms with Crippen molar-refractivity contribution in [3.8, 4) is 0 Å². The Morgan fingerprint density at radius 2 is 2.15 bits per heavy atom. The van der Waals surface area contributed by atoms with Crippen molar-refractivity contribution in [2.75, 3.05) is 18.3 Å². The van der Waals surface area contributed by atoms with Gasteiger partial charge in [0.15, 0.2) is 14.5 Å². The van der Waals surface area contributed by atoms with Gasteiger partial charge in [0, 0.05) is 45.9 Å². The number of anilines is 1. The van der Waals surface area contributed by atoms with Gasteiger partial charge in [-0.2, -0.15) is 0 Å². The minimum Gasteiger partial charge on any atom is -0.444 e. The lowest BCUT2D eigenvalue weighted by Crippen LogP contribution is -2.48. The van der Waals surface area contributed by atoms with Crippen molar-refractivity contribution in [3.63, 3.8) is 0 Å².